The highest BCUT2D eigenvalue weighted by Crippen LogP contribution is 2.20. The predicted molar refractivity (Wildman–Crippen MR) is 50.7 cm³/mol. The minimum absolute atomic E-state index is 0.693. The van der Waals surface area contributed by atoms with Crippen molar-refractivity contribution in [3.05, 3.63) is 28.1 Å². The molecular weight excluding hydrogens is 220 g/mol. The van der Waals surface area contributed by atoms with E-state index in [1.165, 1.54) is 0 Å². The molecule has 0 fully saturated rings. The molecule has 1 aromatic heterocycles. The van der Waals surface area contributed by atoms with E-state index in [9.17, 15) is 4.79 Å². The molecule has 0 aliphatic rings. The average Bonchev–Trinajstić information content (AvgIpc) is 2.47. The van der Waals surface area contributed by atoms with Crippen LogP contribution in [0.5, 0.6) is 0 Å². The van der Waals surface area contributed by atoms with Gasteiger partial charge in [-0.25, -0.2) is 0 Å². The zero-order valence-electron chi connectivity index (χ0n) is 6.71. The maximum Gasteiger partial charge on any atom is 0.146 e. The van der Waals surface area contributed by atoms with Gasteiger partial charge in [0, 0.05) is 0 Å². The highest BCUT2D eigenvalue weighted by Gasteiger charge is 2.00. The molecule has 0 aliphatic carbocycles. The van der Waals surface area contributed by atoms with Crippen LogP contribution in [0.3, 0.4) is 0 Å². The number of halogens is 1. The minimum Gasteiger partial charge on any atom is -0.464 e. The van der Waals surface area contributed by atoms with Crippen LogP contribution in [0.25, 0.3) is 6.08 Å². The van der Waals surface area contributed by atoms with E-state index < -0.39 is 0 Å². The predicted octanol–water partition coefficient (Wildman–Crippen LogP) is 3.03. The van der Waals surface area contributed by atoms with E-state index in [0.29, 0.717) is 5.76 Å². The van der Waals surface area contributed by atoms with Crippen LogP contribution in [-0.2, 0) is 4.79 Å². The van der Waals surface area contributed by atoms with Crippen LogP contribution in [0, 0.1) is 0 Å². The maximum atomic E-state index is 10.4. The summed E-state index contributed by atoms with van der Waals surface area (Å²) < 4.78 is 5.99. The molecule has 0 aliphatic heterocycles. The van der Waals surface area contributed by atoms with Crippen LogP contribution >= 0.6 is 15.9 Å². The standard InChI is InChI=1S/C9H9BrO2/c1-2-7(6-11)5-9-8(10)3-4-12-9/h3-6H,2H2,1H3/b7-5-. The summed E-state index contributed by atoms with van der Waals surface area (Å²) in [4.78, 5) is 10.4. The highest BCUT2D eigenvalue weighted by atomic mass is 79.9. The molecular formula is C9H9BrO2. The maximum absolute atomic E-state index is 10.4. The number of aldehydes is 1. The fraction of sp³-hybridized carbons (Fsp3) is 0.222. The third kappa shape index (κ3) is 2.08. The van der Waals surface area contributed by atoms with Crippen molar-refractivity contribution in [1.82, 2.24) is 0 Å². The van der Waals surface area contributed by atoms with Gasteiger partial charge in [0.2, 0.25) is 0 Å². The molecule has 0 aromatic carbocycles. The Bertz CT molecular complexity index is 299. The zero-order valence-corrected chi connectivity index (χ0v) is 8.30. The number of hydrogen-bond acceptors (Lipinski definition) is 2. The molecule has 1 rings (SSSR count). The lowest BCUT2D eigenvalue weighted by atomic mass is 10.2. The Kier molecular flexibility index (Phi) is 3.29. The molecule has 0 spiro atoms. The molecule has 2 nitrogen and oxygen atoms in total. The molecule has 0 saturated heterocycles. The van der Waals surface area contributed by atoms with Crippen LogP contribution in [0.4, 0.5) is 0 Å². The van der Waals surface area contributed by atoms with E-state index in [1.54, 1.807) is 18.4 Å². The molecule has 64 valence electrons. The number of furan rings is 1. The summed E-state index contributed by atoms with van der Waals surface area (Å²) in [7, 11) is 0. The fourth-order valence-corrected chi connectivity index (χ4v) is 1.11. The normalized spacial score (nSPS) is 11.7. The van der Waals surface area contributed by atoms with Crippen LogP contribution in [0.2, 0.25) is 0 Å². The molecule has 0 radical (unpaired) electrons. The molecule has 1 heterocycles. The van der Waals surface area contributed by atoms with Gasteiger partial charge in [-0.3, -0.25) is 4.79 Å². The quantitative estimate of drug-likeness (QED) is 0.589. The Morgan fingerprint density at radius 1 is 1.75 bits per heavy atom. The smallest absolute Gasteiger partial charge is 0.146 e. The molecule has 0 bridgehead atoms. The van der Waals surface area contributed by atoms with E-state index in [4.69, 9.17) is 4.42 Å². The summed E-state index contributed by atoms with van der Waals surface area (Å²) in [5, 5.41) is 0. The van der Waals surface area contributed by atoms with Crippen molar-refractivity contribution in [2.45, 2.75) is 13.3 Å². The van der Waals surface area contributed by atoms with E-state index in [2.05, 4.69) is 15.9 Å². The Morgan fingerprint density at radius 2 is 2.50 bits per heavy atom. The lowest BCUT2D eigenvalue weighted by molar-refractivity contribution is -0.104. The van der Waals surface area contributed by atoms with E-state index in [-0.39, 0.29) is 0 Å². The van der Waals surface area contributed by atoms with Crippen LogP contribution in [-0.4, -0.2) is 6.29 Å². The summed E-state index contributed by atoms with van der Waals surface area (Å²) in [6, 6.07) is 1.80. The second-order valence-corrected chi connectivity index (χ2v) is 3.18. The Morgan fingerprint density at radius 3 is 2.92 bits per heavy atom. The number of carbonyl (C=O) groups excluding carboxylic acids is 1. The lowest BCUT2D eigenvalue weighted by Crippen LogP contribution is -1.80. The average molecular weight is 229 g/mol. The molecule has 0 N–H and O–H groups in total. The number of allylic oxidation sites excluding steroid dienone is 1. The van der Waals surface area contributed by atoms with E-state index in [1.807, 2.05) is 6.92 Å². The van der Waals surface area contributed by atoms with Crippen LogP contribution < -0.4 is 0 Å². The molecule has 3 heteroatoms. The minimum atomic E-state index is 0.693. The molecule has 0 amide bonds. The van der Waals surface area contributed by atoms with Crippen molar-refractivity contribution in [2.75, 3.05) is 0 Å². The zero-order chi connectivity index (χ0) is 8.97. The summed E-state index contributed by atoms with van der Waals surface area (Å²) in [6.45, 7) is 1.93. The van der Waals surface area contributed by atoms with Gasteiger partial charge < -0.3 is 4.42 Å². The first kappa shape index (κ1) is 9.26. The Balaban J connectivity index is 2.92. The van der Waals surface area contributed by atoms with Crippen molar-refractivity contribution in [1.29, 1.82) is 0 Å². The third-order valence-electron chi connectivity index (χ3n) is 1.52. The molecule has 0 atom stereocenters. The second-order valence-electron chi connectivity index (χ2n) is 2.32. The van der Waals surface area contributed by atoms with Gasteiger partial charge in [0.05, 0.1) is 10.7 Å². The monoisotopic (exact) mass is 228 g/mol. The fourth-order valence-electron chi connectivity index (χ4n) is 0.796. The van der Waals surface area contributed by atoms with Gasteiger partial charge in [0.1, 0.15) is 12.0 Å². The number of carbonyl (C=O) groups is 1. The van der Waals surface area contributed by atoms with Crippen molar-refractivity contribution in [3.63, 3.8) is 0 Å². The number of rotatable bonds is 3. The van der Waals surface area contributed by atoms with Gasteiger partial charge in [-0.2, -0.15) is 0 Å². The molecule has 12 heavy (non-hydrogen) atoms. The van der Waals surface area contributed by atoms with Crippen LogP contribution in [0.15, 0.2) is 26.8 Å². The van der Waals surface area contributed by atoms with Crippen molar-refractivity contribution >= 4 is 28.3 Å². The van der Waals surface area contributed by atoms with Gasteiger partial charge in [-0.1, -0.05) is 6.92 Å². The second kappa shape index (κ2) is 4.26. The van der Waals surface area contributed by atoms with E-state index in [0.717, 1.165) is 22.8 Å². The summed E-state index contributed by atoms with van der Waals surface area (Å²) in [6.07, 6.45) is 4.87. The Hall–Kier alpha value is -0.830. The summed E-state index contributed by atoms with van der Waals surface area (Å²) in [5.74, 6) is 0.693. The molecule has 1 aromatic rings. The third-order valence-corrected chi connectivity index (χ3v) is 2.18. The Labute approximate surface area is 79.4 Å². The molecule has 0 saturated carbocycles. The first-order valence-electron chi connectivity index (χ1n) is 3.66. The van der Waals surface area contributed by atoms with Crippen LogP contribution in [0.1, 0.15) is 19.1 Å². The summed E-state index contributed by atoms with van der Waals surface area (Å²) in [5.41, 5.74) is 0.727. The first-order valence-corrected chi connectivity index (χ1v) is 4.46. The largest absolute Gasteiger partial charge is 0.464 e. The van der Waals surface area contributed by atoms with Crippen molar-refractivity contribution in [2.24, 2.45) is 0 Å². The summed E-state index contributed by atoms with van der Waals surface area (Å²) >= 11 is 3.30. The first-order chi connectivity index (χ1) is 5.77. The van der Waals surface area contributed by atoms with Gasteiger partial charge >= 0.3 is 0 Å². The van der Waals surface area contributed by atoms with Gasteiger partial charge in [-0.15, -0.1) is 0 Å². The topological polar surface area (TPSA) is 30.2 Å². The van der Waals surface area contributed by atoms with Gasteiger partial charge in [0.25, 0.3) is 0 Å². The van der Waals surface area contributed by atoms with Crippen molar-refractivity contribution in [3.8, 4) is 0 Å². The van der Waals surface area contributed by atoms with Gasteiger partial charge in [0.15, 0.2) is 0 Å². The lowest BCUT2D eigenvalue weighted by Gasteiger charge is -1.91. The van der Waals surface area contributed by atoms with Gasteiger partial charge in [-0.05, 0) is 40.1 Å². The highest BCUT2D eigenvalue weighted by molar-refractivity contribution is 9.10. The molecule has 0 unspecified atom stereocenters. The SMILES string of the molecule is CC/C(C=O)=C/c1occc1Br. The number of hydrogen-bond donors (Lipinski definition) is 0. The van der Waals surface area contributed by atoms with Crippen molar-refractivity contribution < 1.29 is 9.21 Å². The van der Waals surface area contributed by atoms with E-state index >= 15 is 0 Å².